The van der Waals surface area contributed by atoms with Crippen molar-refractivity contribution in [1.82, 2.24) is 0 Å². The van der Waals surface area contributed by atoms with Crippen LogP contribution in [0.15, 0.2) is 78.9 Å². The summed E-state index contributed by atoms with van der Waals surface area (Å²) in [5.74, 6) is 0.498. The van der Waals surface area contributed by atoms with Crippen LogP contribution in [0.2, 0.25) is 0 Å². The van der Waals surface area contributed by atoms with Gasteiger partial charge in [-0.1, -0.05) is 54.6 Å². The minimum atomic E-state index is -0.170. The zero-order chi connectivity index (χ0) is 18.9. The lowest BCUT2D eigenvalue weighted by Gasteiger charge is -2.12. The Labute approximate surface area is 159 Å². The van der Waals surface area contributed by atoms with Crippen LogP contribution in [0.4, 0.5) is 5.69 Å². The Kier molecular flexibility index (Phi) is 6.21. The molecule has 1 amide bonds. The van der Waals surface area contributed by atoms with Gasteiger partial charge in [0.25, 0.3) is 5.91 Å². The Bertz CT molecular complexity index is 946. The van der Waals surface area contributed by atoms with Gasteiger partial charge in [-0.25, -0.2) is 0 Å². The quantitative estimate of drug-likeness (QED) is 0.585. The molecule has 0 bridgehead atoms. The van der Waals surface area contributed by atoms with Crippen molar-refractivity contribution in [1.29, 1.82) is 5.26 Å². The van der Waals surface area contributed by atoms with Gasteiger partial charge in [0.2, 0.25) is 0 Å². The van der Waals surface area contributed by atoms with Crippen molar-refractivity contribution in [3.63, 3.8) is 0 Å². The van der Waals surface area contributed by atoms with Crippen molar-refractivity contribution in [2.75, 3.05) is 11.9 Å². The van der Waals surface area contributed by atoms with E-state index in [1.165, 1.54) is 0 Å². The van der Waals surface area contributed by atoms with Crippen LogP contribution >= 0.6 is 0 Å². The van der Waals surface area contributed by atoms with Gasteiger partial charge in [0.15, 0.2) is 0 Å². The van der Waals surface area contributed by atoms with E-state index in [1.54, 1.807) is 6.07 Å². The molecular weight excluding hydrogens is 336 g/mol. The average molecular weight is 356 g/mol. The molecule has 1 N–H and O–H groups in total. The number of carbonyl (C=O) groups is 1. The molecule has 0 atom stereocenters. The highest BCUT2D eigenvalue weighted by Gasteiger charge is 2.12. The highest BCUT2D eigenvalue weighted by Crippen LogP contribution is 2.25. The van der Waals surface area contributed by atoms with E-state index in [0.29, 0.717) is 36.4 Å². The van der Waals surface area contributed by atoms with Crippen LogP contribution < -0.4 is 10.1 Å². The van der Waals surface area contributed by atoms with Crippen LogP contribution in [-0.2, 0) is 0 Å². The molecule has 0 saturated heterocycles. The molecule has 0 aliphatic rings. The molecule has 0 radical (unpaired) electrons. The number of benzene rings is 3. The van der Waals surface area contributed by atoms with E-state index in [-0.39, 0.29) is 5.91 Å². The van der Waals surface area contributed by atoms with Gasteiger partial charge in [-0.3, -0.25) is 4.79 Å². The largest absolute Gasteiger partial charge is 0.493 e. The van der Waals surface area contributed by atoms with Crippen molar-refractivity contribution in [3.05, 3.63) is 84.4 Å². The summed E-state index contributed by atoms with van der Waals surface area (Å²) in [7, 11) is 0. The molecule has 0 saturated carbocycles. The van der Waals surface area contributed by atoms with E-state index in [4.69, 9.17) is 10.00 Å². The van der Waals surface area contributed by atoms with Crippen molar-refractivity contribution < 1.29 is 9.53 Å². The number of nitrogens with zero attached hydrogens (tertiary/aromatic N) is 1. The Balaban J connectivity index is 1.74. The van der Waals surface area contributed by atoms with Crippen molar-refractivity contribution in [2.24, 2.45) is 0 Å². The van der Waals surface area contributed by atoms with Gasteiger partial charge in [0, 0.05) is 23.7 Å². The number of hydrogen-bond donors (Lipinski definition) is 1. The monoisotopic (exact) mass is 356 g/mol. The molecule has 3 aromatic carbocycles. The van der Waals surface area contributed by atoms with E-state index in [0.717, 1.165) is 11.1 Å². The van der Waals surface area contributed by atoms with Crippen LogP contribution in [0.25, 0.3) is 11.1 Å². The summed E-state index contributed by atoms with van der Waals surface area (Å²) in [6.07, 6.45) is 1.14. The fraction of sp³-hybridized carbons (Fsp3) is 0.130. The molecule has 3 rings (SSSR count). The summed E-state index contributed by atoms with van der Waals surface area (Å²) in [6.45, 7) is 0.474. The predicted octanol–water partition coefficient (Wildman–Crippen LogP) is 5.29. The third-order valence-corrected chi connectivity index (χ3v) is 4.05. The second-order valence-electron chi connectivity index (χ2n) is 6.00. The fourth-order valence-electron chi connectivity index (χ4n) is 2.75. The van der Waals surface area contributed by atoms with Crippen molar-refractivity contribution >= 4 is 11.6 Å². The summed E-state index contributed by atoms with van der Waals surface area (Å²) in [5, 5.41) is 11.5. The third-order valence-electron chi connectivity index (χ3n) is 4.05. The van der Waals surface area contributed by atoms with E-state index >= 15 is 0 Å². The number of ether oxygens (including phenoxy) is 1. The molecule has 0 aromatic heterocycles. The van der Waals surface area contributed by atoms with Crippen molar-refractivity contribution in [3.8, 4) is 22.9 Å². The van der Waals surface area contributed by atoms with Gasteiger partial charge in [-0.05, 0) is 35.7 Å². The van der Waals surface area contributed by atoms with E-state index < -0.39 is 0 Å². The maximum atomic E-state index is 12.8. The molecule has 0 spiro atoms. The molecular formula is C23H20N2O2. The number of hydrogen-bond acceptors (Lipinski definition) is 3. The van der Waals surface area contributed by atoms with Crippen LogP contribution in [0.1, 0.15) is 23.2 Å². The average Bonchev–Trinajstić information content (AvgIpc) is 2.72. The molecule has 4 nitrogen and oxygen atoms in total. The molecule has 0 aliphatic carbocycles. The first-order chi connectivity index (χ1) is 13.3. The SMILES string of the molecule is N#CCCCOc1cccc(NC(=O)c2ccccc2-c2ccccc2)c1. The lowest BCUT2D eigenvalue weighted by Crippen LogP contribution is -2.13. The van der Waals surface area contributed by atoms with Gasteiger partial charge in [0.1, 0.15) is 5.75 Å². The Morgan fingerprint density at radius 2 is 1.74 bits per heavy atom. The zero-order valence-electron chi connectivity index (χ0n) is 14.9. The maximum Gasteiger partial charge on any atom is 0.256 e. The van der Waals surface area contributed by atoms with E-state index in [9.17, 15) is 4.79 Å². The van der Waals surface area contributed by atoms with Crippen LogP contribution in [0.5, 0.6) is 5.75 Å². The maximum absolute atomic E-state index is 12.8. The lowest BCUT2D eigenvalue weighted by molar-refractivity contribution is 0.102. The molecule has 4 heteroatoms. The van der Waals surface area contributed by atoms with E-state index in [2.05, 4.69) is 11.4 Å². The minimum absolute atomic E-state index is 0.170. The predicted molar refractivity (Wildman–Crippen MR) is 107 cm³/mol. The molecule has 0 heterocycles. The summed E-state index contributed by atoms with van der Waals surface area (Å²) >= 11 is 0. The molecule has 0 fully saturated rings. The van der Waals surface area contributed by atoms with Gasteiger partial charge >= 0.3 is 0 Å². The second kappa shape index (κ2) is 9.21. The summed E-state index contributed by atoms with van der Waals surface area (Å²) in [5.41, 5.74) is 3.17. The molecule has 0 unspecified atom stereocenters. The third kappa shape index (κ3) is 4.96. The summed E-state index contributed by atoms with van der Waals surface area (Å²) in [6, 6.07) is 26.8. The standard InChI is InChI=1S/C23H20N2O2/c24-15-6-7-16-27-20-12-8-11-19(17-20)25-23(26)22-14-5-4-13-21(22)18-9-2-1-3-10-18/h1-5,8-14,17H,6-7,16H2,(H,25,26). The molecule has 0 aliphatic heterocycles. The number of anilines is 1. The smallest absolute Gasteiger partial charge is 0.256 e. The van der Waals surface area contributed by atoms with Gasteiger partial charge in [-0.2, -0.15) is 5.26 Å². The summed E-state index contributed by atoms with van der Waals surface area (Å²) < 4.78 is 5.63. The van der Waals surface area contributed by atoms with Crippen molar-refractivity contribution in [2.45, 2.75) is 12.8 Å². The second-order valence-corrected chi connectivity index (χ2v) is 6.00. The van der Waals surface area contributed by atoms with Gasteiger partial charge in [-0.15, -0.1) is 0 Å². The Morgan fingerprint density at radius 3 is 2.56 bits per heavy atom. The van der Waals surface area contributed by atoms with Crippen LogP contribution in [0.3, 0.4) is 0 Å². The number of rotatable bonds is 7. The molecule has 134 valence electrons. The highest BCUT2D eigenvalue weighted by atomic mass is 16.5. The Hall–Kier alpha value is -3.58. The van der Waals surface area contributed by atoms with Crippen LogP contribution in [0, 0.1) is 11.3 Å². The van der Waals surface area contributed by atoms with Gasteiger partial charge < -0.3 is 10.1 Å². The first-order valence-corrected chi connectivity index (χ1v) is 8.83. The summed E-state index contributed by atoms with van der Waals surface area (Å²) in [4.78, 5) is 12.8. The lowest BCUT2D eigenvalue weighted by atomic mass is 9.99. The van der Waals surface area contributed by atoms with Gasteiger partial charge in [0.05, 0.1) is 12.7 Å². The molecule has 27 heavy (non-hydrogen) atoms. The van der Waals surface area contributed by atoms with E-state index in [1.807, 2.05) is 72.8 Å². The minimum Gasteiger partial charge on any atom is -0.493 e. The first-order valence-electron chi connectivity index (χ1n) is 8.83. The molecule has 3 aromatic rings. The Morgan fingerprint density at radius 1 is 0.963 bits per heavy atom. The number of nitrogens with one attached hydrogen (secondary N) is 1. The van der Waals surface area contributed by atoms with Crippen LogP contribution in [-0.4, -0.2) is 12.5 Å². The highest BCUT2D eigenvalue weighted by molar-refractivity contribution is 6.08. The topological polar surface area (TPSA) is 62.1 Å². The number of carbonyl (C=O) groups excluding carboxylic acids is 1. The number of unbranched alkanes of at least 4 members (excludes halogenated alkanes) is 1. The number of nitriles is 1. The fourth-order valence-corrected chi connectivity index (χ4v) is 2.75. The number of amides is 1. The normalized spacial score (nSPS) is 10.0. The zero-order valence-corrected chi connectivity index (χ0v) is 14.9. The first kappa shape index (κ1) is 18.2.